The minimum absolute atomic E-state index is 0.173. The van der Waals surface area contributed by atoms with Crippen molar-refractivity contribution < 1.29 is 13.9 Å². The van der Waals surface area contributed by atoms with Crippen molar-refractivity contribution in [2.75, 3.05) is 0 Å². The van der Waals surface area contributed by atoms with Crippen molar-refractivity contribution in [1.29, 1.82) is 0 Å². The molecule has 0 bridgehead atoms. The van der Waals surface area contributed by atoms with E-state index in [1.807, 2.05) is 0 Å². The second kappa shape index (κ2) is 7.08. The van der Waals surface area contributed by atoms with Crippen LogP contribution in [0.25, 0.3) is 0 Å². The molecule has 21 heavy (non-hydrogen) atoms. The van der Waals surface area contributed by atoms with E-state index in [0.717, 1.165) is 10.3 Å². The number of carbonyl (C=O) groups is 1. The van der Waals surface area contributed by atoms with Crippen molar-refractivity contribution in [2.45, 2.75) is 23.7 Å². The van der Waals surface area contributed by atoms with Crippen LogP contribution in [0, 0.1) is 11.0 Å². The molecule has 2 rings (SSSR count). The fourth-order valence-electron chi connectivity index (χ4n) is 1.67. The highest BCUT2D eigenvalue weighted by Gasteiger charge is 2.18. The Balaban J connectivity index is 1.88. The predicted molar refractivity (Wildman–Crippen MR) is 79.0 cm³/mol. The normalized spacial score (nSPS) is 11.9. The lowest BCUT2D eigenvalue weighted by Gasteiger charge is -2.11. The Hall–Kier alpha value is -2.08. The summed E-state index contributed by atoms with van der Waals surface area (Å²) in [6.07, 6.45) is 1.39. The molecule has 6 heteroatoms. The summed E-state index contributed by atoms with van der Waals surface area (Å²) in [6.45, 7) is 2.06. The van der Waals surface area contributed by atoms with Gasteiger partial charge in [-0.05, 0) is 42.4 Å². The van der Waals surface area contributed by atoms with Crippen molar-refractivity contribution in [3.63, 3.8) is 0 Å². The molecule has 0 aliphatic heterocycles. The van der Waals surface area contributed by atoms with Gasteiger partial charge in [-0.1, -0.05) is 12.1 Å². The first-order chi connectivity index (χ1) is 10.1. The molecule has 2 aromatic rings. The maximum absolute atomic E-state index is 12.8. The maximum Gasteiger partial charge on any atom is 0.252 e. The number of aromatic nitrogens is 1. The minimum Gasteiger partial charge on any atom is -0.618 e. The van der Waals surface area contributed by atoms with Crippen molar-refractivity contribution in [1.82, 2.24) is 5.32 Å². The van der Waals surface area contributed by atoms with Gasteiger partial charge < -0.3 is 10.5 Å². The van der Waals surface area contributed by atoms with E-state index >= 15 is 0 Å². The van der Waals surface area contributed by atoms with Crippen LogP contribution >= 0.6 is 11.8 Å². The average molecular weight is 306 g/mol. The minimum atomic E-state index is -0.395. The van der Waals surface area contributed by atoms with Crippen LogP contribution in [0.15, 0.2) is 53.7 Å². The monoisotopic (exact) mass is 306 g/mol. The third kappa shape index (κ3) is 4.46. The molecule has 1 aromatic heterocycles. The van der Waals surface area contributed by atoms with E-state index in [1.165, 1.54) is 30.1 Å². The molecule has 1 aromatic carbocycles. The highest BCUT2D eigenvalue weighted by Crippen LogP contribution is 2.19. The lowest BCUT2D eigenvalue weighted by atomic mass is 10.2. The van der Waals surface area contributed by atoms with Crippen molar-refractivity contribution in [3.8, 4) is 0 Å². The smallest absolute Gasteiger partial charge is 0.252 e. The van der Waals surface area contributed by atoms with Crippen LogP contribution in [0.4, 0.5) is 4.39 Å². The summed E-state index contributed by atoms with van der Waals surface area (Å²) in [6, 6.07) is 11.0. The van der Waals surface area contributed by atoms with Crippen LogP contribution in [0.5, 0.6) is 0 Å². The average Bonchev–Trinajstić information content (AvgIpc) is 2.48. The van der Waals surface area contributed by atoms with Crippen LogP contribution in [0.2, 0.25) is 0 Å². The van der Waals surface area contributed by atoms with E-state index < -0.39 is 5.25 Å². The summed E-state index contributed by atoms with van der Waals surface area (Å²) >= 11 is 1.19. The number of benzene rings is 1. The van der Waals surface area contributed by atoms with Gasteiger partial charge in [0.15, 0.2) is 6.20 Å². The third-order valence-electron chi connectivity index (χ3n) is 2.84. The number of amides is 1. The molecule has 0 spiro atoms. The molecule has 1 heterocycles. The molecule has 0 unspecified atom stereocenters. The lowest BCUT2D eigenvalue weighted by molar-refractivity contribution is -0.645. The topological polar surface area (TPSA) is 56.0 Å². The van der Waals surface area contributed by atoms with E-state index in [4.69, 9.17) is 0 Å². The Morgan fingerprint density at radius 1 is 1.33 bits per heavy atom. The number of rotatable bonds is 5. The van der Waals surface area contributed by atoms with Gasteiger partial charge in [-0.15, -0.1) is 0 Å². The van der Waals surface area contributed by atoms with Gasteiger partial charge in [0.2, 0.25) is 5.91 Å². The molecule has 0 radical (unpaired) electrons. The number of hydrogen-bond donors (Lipinski definition) is 1. The number of thioether (sulfide) groups is 1. The summed E-state index contributed by atoms with van der Waals surface area (Å²) < 4.78 is 13.5. The van der Waals surface area contributed by atoms with Crippen LogP contribution in [0.1, 0.15) is 12.5 Å². The van der Waals surface area contributed by atoms with Crippen LogP contribution in [-0.4, -0.2) is 11.2 Å². The molecule has 1 amide bonds. The van der Waals surface area contributed by atoms with E-state index in [-0.39, 0.29) is 11.7 Å². The molecule has 0 fully saturated rings. The van der Waals surface area contributed by atoms with E-state index in [1.54, 1.807) is 37.3 Å². The van der Waals surface area contributed by atoms with Gasteiger partial charge in [0.25, 0.3) is 5.03 Å². The fourth-order valence-corrected chi connectivity index (χ4v) is 2.55. The quantitative estimate of drug-likeness (QED) is 0.524. The van der Waals surface area contributed by atoms with Crippen LogP contribution in [-0.2, 0) is 11.3 Å². The van der Waals surface area contributed by atoms with Crippen molar-refractivity contribution >= 4 is 17.7 Å². The lowest BCUT2D eigenvalue weighted by Crippen LogP contribution is -2.33. The summed E-state index contributed by atoms with van der Waals surface area (Å²) in [5.41, 5.74) is 0.820. The Morgan fingerprint density at radius 3 is 2.71 bits per heavy atom. The number of hydrogen-bond acceptors (Lipinski definition) is 3. The van der Waals surface area contributed by atoms with Gasteiger partial charge in [0, 0.05) is 18.7 Å². The fraction of sp³-hybridized carbons (Fsp3) is 0.200. The van der Waals surface area contributed by atoms with E-state index in [2.05, 4.69) is 5.32 Å². The summed E-state index contributed by atoms with van der Waals surface area (Å²) in [7, 11) is 0. The molecule has 1 atom stereocenters. The number of halogens is 1. The first-order valence-corrected chi connectivity index (χ1v) is 7.31. The Kier molecular flexibility index (Phi) is 5.16. The molecule has 0 aliphatic carbocycles. The van der Waals surface area contributed by atoms with Crippen molar-refractivity contribution in [2.24, 2.45) is 0 Å². The van der Waals surface area contributed by atoms with Gasteiger partial charge in [0.1, 0.15) is 5.82 Å². The standard InChI is InChI=1S/C15H15FN2O2S/c1-11(21-14-4-2-3-9-18(14)20)15(19)17-10-12-5-7-13(16)8-6-12/h2-9,11H,10H2,1H3,(H,17,19)/t11-/m1/s1. The predicted octanol–water partition coefficient (Wildman–Crippen LogP) is 2.26. The molecule has 0 aliphatic rings. The van der Waals surface area contributed by atoms with Gasteiger partial charge in [-0.3, -0.25) is 4.79 Å². The Labute approximate surface area is 126 Å². The van der Waals surface area contributed by atoms with Gasteiger partial charge in [0.05, 0.1) is 5.25 Å². The summed E-state index contributed by atoms with van der Waals surface area (Å²) in [4.78, 5) is 12.0. The van der Waals surface area contributed by atoms with Crippen LogP contribution in [0.3, 0.4) is 0 Å². The van der Waals surface area contributed by atoms with Gasteiger partial charge in [-0.25, -0.2) is 4.39 Å². The first-order valence-electron chi connectivity index (χ1n) is 6.43. The zero-order valence-corrected chi connectivity index (χ0v) is 12.3. The second-order valence-corrected chi connectivity index (χ2v) is 5.83. The van der Waals surface area contributed by atoms with Crippen LogP contribution < -0.4 is 10.0 Å². The number of nitrogens with zero attached hydrogens (tertiary/aromatic N) is 1. The molecular weight excluding hydrogens is 291 g/mol. The number of nitrogens with one attached hydrogen (secondary N) is 1. The van der Waals surface area contributed by atoms with Gasteiger partial charge in [-0.2, -0.15) is 4.73 Å². The highest BCUT2D eigenvalue weighted by molar-refractivity contribution is 8.00. The van der Waals surface area contributed by atoms with Crippen molar-refractivity contribution in [3.05, 3.63) is 65.2 Å². The summed E-state index contributed by atoms with van der Waals surface area (Å²) in [5.74, 6) is -0.480. The maximum atomic E-state index is 12.8. The Morgan fingerprint density at radius 2 is 2.05 bits per heavy atom. The molecule has 1 N–H and O–H groups in total. The molecule has 0 saturated heterocycles. The number of pyridine rings is 1. The zero-order chi connectivity index (χ0) is 15.2. The van der Waals surface area contributed by atoms with E-state index in [0.29, 0.717) is 11.6 Å². The third-order valence-corrected chi connectivity index (χ3v) is 3.96. The zero-order valence-electron chi connectivity index (χ0n) is 11.5. The first kappa shape index (κ1) is 15.3. The second-order valence-electron chi connectivity index (χ2n) is 4.47. The molecular formula is C15H15FN2O2S. The van der Waals surface area contributed by atoms with E-state index in [9.17, 15) is 14.4 Å². The molecule has 4 nitrogen and oxygen atoms in total. The number of carbonyl (C=O) groups excluding carboxylic acids is 1. The SMILES string of the molecule is C[C@@H](Sc1cccc[n+]1[O-])C(=O)NCc1ccc(F)cc1. The summed E-state index contributed by atoms with van der Waals surface area (Å²) in [5, 5.41) is 14.4. The largest absolute Gasteiger partial charge is 0.618 e. The Bertz CT molecular complexity index is 619. The highest BCUT2D eigenvalue weighted by atomic mass is 32.2. The van der Waals surface area contributed by atoms with Gasteiger partial charge >= 0.3 is 0 Å². The molecule has 0 saturated carbocycles. The molecule has 110 valence electrons.